The first-order valence-electron chi connectivity index (χ1n) is 5.72. The standard InChI is InChI=1S/C10H17N3O4S/c1-3-5-8(14)11-7-4-6-9-12-13-10(17-9)18(2,15)16/h3-7H2,1-2H3,(H,11,14). The van der Waals surface area contributed by atoms with E-state index in [0.717, 1.165) is 12.7 Å². The third-order valence-corrected chi connectivity index (χ3v) is 2.93. The lowest BCUT2D eigenvalue weighted by atomic mass is 10.3. The minimum Gasteiger partial charge on any atom is -0.413 e. The quantitative estimate of drug-likeness (QED) is 0.719. The lowest BCUT2D eigenvalue weighted by molar-refractivity contribution is -0.121. The molecule has 0 spiro atoms. The second kappa shape index (κ2) is 6.48. The van der Waals surface area contributed by atoms with Crippen LogP contribution in [0, 0.1) is 0 Å². The van der Waals surface area contributed by atoms with E-state index in [0.29, 0.717) is 25.8 Å². The molecule has 0 fully saturated rings. The smallest absolute Gasteiger partial charge is 0.335 e. The zero-order chi connectivity index (χ0) is 13.6. The largest absolute Gasteiger partial charge is 0.413 e. The molecule has 0 saturated heterocycles. The predicted octanol–water partition coefficient (Wildman–Crippen LogP) is 0.322. The maximum atomic E-state index is 11.1. The van der Waals surface area contributed by atoms with Crippen LogP contribution < -0.4 is 5.32 Å². The van der Waals surface area contributed by atoms with Gasteiger partial charge in [-0.25, -0.2) is 8.42 Å². The molecule has 0 aliphatic rings. The molecule has 7 nitrogen and oxygen atoms in total. The van der Waals surface area contributed by atoms with Crippen LogP contribution in [0.2, 0.25) is 0 Å². The zero-order valence-corrected chi connectivity index (χ0v) is 11.3. The molecule has 0 bridgehead atoms. The fraction of sp³-hybridized carbons (Fsp3) is 0.700. The van der Waals surface area contributed by atoms with Gasteiger partial charge in [0.15, 0.2) is 0 Å². The number of carbonyl (C=O) groups is 1. The van der Waals surface area contributed by atoms with Crippen LogP contribution in [0.25, 0.3) is 0 Å². The van der Waals surface area contributed by atoms with Crippen molar-refractivity contribution in [2.75, 3.05) is 12.8 Å². The summed E-state index contributed by atoms with van der Waals surface area (Å²) in [6.45, 7) is 2.44. The maximum Gasteiger partial charge on any atom is 0.335 e. The van der Waals surface area contributed by atoms with Crippen LogP contribution >= 0.6 is 0 Å². The Balaban J connectivity index is 2.32. The number of rotatable bonds is 7. The molecule has 102 valence electrons. The molecule has 0 saturated carbocycles. The highest BCUT2D eigenvalue weighted by Gasteiger charge is 2.16. The van der Waals surface area contributed by atoms with Crippen molar-refractivity contribution in [2.24, 2.45) is 0 Å². The van der Waals surface area contributed by atoms with Gasteiger partial charge in [-0.05, 0) is 12.8 Å². The number of amides is 1. The molecule has 0 aromatic carbocycles. The topological polar surface area (TPSA) is 102 Å². The minimum atomic E-state index is -3.44. The summed E-state index contributed by atoms with van der Waals surface area (Å²) in [7, 11) is -3.44. The number of sulfone groups is 1. The van der Waals surface area contributed by atoms with Crippen LogP contribution in [0.1, 0.15) is 32.1 Å². The fourth-order valence-corrected chi connectivity index (χ4v) is 1.71. The van der Waals surface area contributed by atoms with E-state index in [1.54, 1.807) is 0 Å². The summed E-state index contributed by atoms with van der Waals surface area (Å²) in [5.74, 6) is 0.278. The monoisotopic (exact) mass is 275 g/mol. The first-order chi connectivity index (χ1) is 8.43. The Kier molecular flexibility index (Phi) is 5.26. The number of hydrogen-bond acceptors (Lipinski definition) is 6. The summed E-state index contributed by atoms with van der Waals surface area (Å²) in [6, 6.07) is 0. The molecule has 1 rings (SSSR count). The first kappa shape index (κ1) is 14.6. The molecule has 1 aromatic rings. The van der Waals surface area contributed by atoms with Gasteiger partial charge in [-0.2, -0.15) is 0 Å². The van der Waals surface area contributed by atoms with Crippen LogP contribution in [-0.4, -0.2) is 37.3 Å². The molecule has 1 N–H and O–H groups in total. The van der Waals surface area contributed by atoms with E-state index in [4.69, 9.17) is 4.42 Å². The molecular formula is C10H17N3O4S. The van der Waals surface area contributed by atoms with Crippen molar-refractivity contribution in [2.45, 2.75) is 37.8 Å². The first-order valence-corrected chi connectivity index (χ1v) is 7.61. The van der Waals surface area contributed by atoms with Crippen molar-refractivity contribution in [1.82, 2.24) is 15.5 Å². The summed E-state index contributed by atoms with van der Waals surface area (Å²) in [5, 5.41) is 9.44. The van der Waals surface area contributed by atoms with Crippen LogP contribution in [-0.2, 0) is 21.1 Å². The van der Waals surface area contributed by atoms with Gasteiger partial charge in [-0.3, -0.25) is 4.79 Å². The normalized spacial score (nSPS) is 11.4. The molecule has 0 unspecified atom stereocenters. The second-order valence-electron chi connectivity index (χ2n) is 3.94. The van der Waals surface area contributed by atoms with Gasteiger partial charge in [0.05, 0.1) is 0 Å². The summed E-state index contributed by atoms with van der Waals surface area (Å²) >= 11 is 0. The summed E-state index contributed by atoms with van der Waals surface area (Å²) in [6.07, 6.45) is 3.40. The molecule has 0 radical (unpaired) electrons. The Morgan fingerprint density at radius 1 is 1.39 bits per heavy atom. The van der Waals surface area contributed by atoms with Crippen LogP contribution in [0.15, 0.2) is 9.64 Å². The van der Waals surface area contributed by atoms with Gasteiger partial charge in [0.25, 0.3) is 0 Å². The number of hydrogen-bond donors (Lipinski definition) is 1. The Morgan fingerprint density at radius 3 is 2.67 bits per heavy atom. The summed E-state index contributed by atoms with van der Waals surface area (Å²) < 4.78 is 27.1. The van der Waals surface area contributed by atoms with Crippen molar-refractivity contribution >= 4 is 15.7 Å². The summed E-state index contributed by atoms with van der Waals surface area (Å²) in [5.41, 5.74) is 0. The minimum absolute atomic E-state index is 0.0138. The lowest BCUT2D eigenvalue weighted by Gasteiger charge is -2.01. The van der Waals surface area contributed by atoms with E-state index in [2.05, 4.69) is 15.5 Å². The van der Waals surface area contributed by atoms with Gasteiger partial charge in [-0.15, -0.1) is 5.10 Å². The molecular weight excluding hydrogens is 258 g/mol. The van der Waals surface area contributed by atoms with Gasteiger partial charge in [0.1, 0.15) is 0 Å². The highest BCUT2D eigenvalue weighted by atomic mass is 32.2. The van der Waals surface area contributed by atoms with Crippen LogP contribution in [0.3, 0.4) is 0 Å². The second-order valence-corrected chi connectivity index (χ2v) is 5.83. The van der Waals surface area contributed by atoms with Crippen molar-refractivity contribution in [1.29, 1.82) is 0 Å². The molecule has 1 aromatic heterocycles. The van der Waals surface area contributed by atoms with Gasteiger partial charge >= 0.3 is 5.22 Å². The van der Waals surface area contributed by atoms with Gasteiger partial charge in [-0.1, -0.05) is 12.0 Å². The van der Waals surface area contributed by atoms with Crippen molar-refractivity contribution in [3.05, 3.63) is 5.89 Å². The predicted molar refractivity (Wildman–Crippen MR) is 63.6 cm³/mol. The molecule has 0 atom stereocenters. The van der Waals surface area contributed by atoms with Gasteiger partial charge in [0, 0.05) is 25.6 Å². The average Bonchev–Trinajstić information content (AvgIpc) is 2.73. The Hall–Kier alpha value is -1.44. The molecule has 0 aliphatic heterocycles. The average molecular weight is 275 g/mol. The van der Waals surface area contributed by atoms with E-state index in [1.165, 1.54) is 0 Å². The van der Waals surface area contributed by atoms with E-state index >= 15 is 0 Å². The number of aryl methyl sites for hydroxylation is 1. The van der Waals surface area contributed by atoms with Crippen molar-refractivity contribution < 1.29 is 17.6 Å². The van der Waals surface area contributed by atoms with E-state index in [-0.39, 0.29) is 17.0 Å². The molecule has 8 heteroatoms. The summed E-state index contributed by atoms with van der Waals surface area (Å²) in [4.78, 5) is 11.1. The number of nitrogens with one attached hydrogen (secondary N) is 1. The van der Waals surface area contributed by atoms with Gasteiger partial charge < -0.3 is 9.73 Å². The fourth-order valence-electron chi connectivity index (χ4n) is 1.27. The third-order valence-electron chi connectivity index (χ3n) is 2.13. The highest BCUT2D eigenvalue weighted by Crippen LogP contribution is 2.07. The van der Waals surface area contributed by atoms with Crippen LogP contribution in [0.5, 0.6) is 0 Å². The Morgan fingerprint density at radius 2 is 2.11 bits per heavy atom. The third kappa shape index (κ3) is 4.82. The molecule has 18 heavy (non-hydrogen) atoms. The molecule has 1 amide bonds. The van der Waals surface area contributed by atoms with Gasteiger partial charge in [0.2, 0.25) is 21.6 Å². The van der Waals surface area contributed by atoms with Crippen molar-refractivity contribution in [3.8, 4) is 0 Å². The molecule has 0 aliphatic carbocycles. The van der Waals surface area contributed by atoms with E-state index < -0.39 is 9.84 Å². The van der Waals surface area contributed by atoms with E-state index in [1.807, 2.05) is 6.92 Å². The highest BCUT2D eigenvalue weighted by molar-refractivity contribution is 7.90. The number of carbonyl (C=O) groups excluding carboxylic acids is 1. The van der Waals surface area contributed by atoms with E-state index in [9.17, 15) is 13.2 Å². The van der Waals surface area contributed by atoms with Crippen molar-refractivity contribution in [3.63, 3.8) is 0 Å². The Bertz CT molecular complexity index is 495. The molecule has 1 heterocycles. The Labute approximate surface area is 106 Å². The number of nitrogens with zero attached hydrogens (tertiary/aromatic N) is 2. The van der Waals surface area contributed by atoms with Crippen LogP contribution in [0.4, 0.5) is 0 Å². The number of aromatic nitrogens is 2. The SMILES string of the molecule is CCCC(=O)NCCCc1nnc(S(C)(=O)=O)o1. The maximum absolute atomic E-state index is 11.1. The zero-order valence-electron chi connectivity index (χ0n) is 10.5. The lowest BCUT2D eigenvalue weighted by Crippen LogP contribution is -2.24.